The smallest absolute Gasteiger partial charge is 0.315 e. The van der Waals surface area contributed by atoms with Crippen LogP contribution in [0, 0.1) is 12.3 Å². The zero-order valence-electron chi connectivity index (χ0n) is 15.9. The molecule has 0 unspecified atom stereocenters. The van der Waals surface area contributed by atoms with Gasteiger partial charge in [0, 0.05) is 0 Å². The molecule has 2 rings (SSSR count). The number of unbranched alkanes of at least 4 members (excludes halogenated alkanes) is 2. The van der Waals surface area contributed by atoms with E-state index in [4.69, 9.17) is 28.3 Å². The average Bonchev–Trinajstić information content (AvgIpc) is 3.34. The first-order chi connectivity index (χ1) is 11.7. The van der Waals surface area contributed by atoms with Gasteiger partial charge < -0.3 is 4.74 Å². The first kappa shape index (κ1) is 20.2. The molecule has 128 valence electrons. The van der Waals surface area contributed by atoms with Crippen molar-refractivity contribution in [3.05, 3.63) is 28.8 Å². The lowest BCUT2D eigenvalue weighted by Crippen LogP contribution is -2.36. The average molecular weight is 332 g/mol. The van der Waals surface area contributed by atoms with E-state index in [2.05, 4.69) is 32.9 Å². The summed E-state index contributed by atoms with van der Waals surface area (Å²) in [4.78, 5) is 12.8. The second-order valence-electron chi connectivity index (χ2n) is 7.52. The van der Waals surface area contributed by atoms with Gasteiger partial charge in [0.1, 0.15) is 5.75 Å². The minimum absolute atomic E-state index is 0.389. The highest BCUT2D eigenvalue weighted by atomic mass is 16.5. The first-order valence-electron chi connectivity index (χ1n) is 9.46. The number of hydrogen-bond acceptors (Lipinski definition) is 2. The highest BCUT2D eigenvalue weighted by Crippen LogP contribution is 2.59. The summed E-state index contributed by atoms with van der Waals surface area (Å²) in [5.74, 6) is 0.312. The molecule has 0 heterocycles. The number of benzene rings is 1. The molecule has 2 nitrogen and oxygen atoms in total. The third kappa shape index (κ3) is 4.54. The Balaban J connectivity index is 2.34. The fourth-order valence-corrected chi connectivity index (χ4v) is 3.29. The van der Waals surface area contributed by atoms with Gasteiger partial charge in [0.05, 0.1) is 29.0 Å². The molecule has 0 spiro atoms. The minimum Gasteiger partial charge on any atom is -0.426 e. The number of aryl methyl sites for hydroxylation is 3. The van der Waals surface area contributed by atoms with Gasteiger partial charge in [0.25, 0.3) is 0 Å². The molecule has 0 aromatic heterocycles. The molecule has 1 fully saturated rings. The normalized spacial score (nSPS) is 15.8. The van der Waals surface area contributed by atoms with Crippen molar-refractivity contribution in [3.63, 3.8) is 0 Å². The van der Waals surface area contributed by atoms with Crippen LogP contribution in [-0.4, -0.2) is 29.5 Å². The van der Waals surface area contributed by atoms with Gasteiger partial charge in [-0.1, -0.05) is 44.4 Å². The van der Waals surface area contributed by atoms with E-state index in [-0.39, 0.29) is 5.97 Å². The van der Waals surface area contributed by atoms with Crippen molar-refractivity contribution in [2.75, 3.05) is 0 Å². The first-order valence-corrected chi connectivity index (χ1v) is 9.46. The standard InChI is InChI=1S/C20H27B3O2/c1-4-6-8-15-12-14(3)13-16(9-7-5-2)17(15)25-18(24)19(10-11-19)20(21,22)23/h12-13H,4-11H2,1-3H3. The molecule has 0 saturated heterocycles. The topological polar surface area (TPSA) is 26.3 Å². The lowest BCUT2D eigenvalue weighted by atomic mass is 9.36. The largest absolute Gasteiger partial charge is 0.426 e. The zero-order valence-corrected chi connectivity index (χ0v) is 15.9. The summed E-state index contributed by atoms with van der Waals surface area (Å²) in [5.41, 5.74) is 2.42. The summed E-state index contributed by atoms with van der Waals surface area (Å²) in [7, 11) is 17.5. The molecule has 6 radical (unpaired) electrons. The summed E-state index contributed by atoms with van der Waals surface area (Å²) in [6.07, 6.45) is 7.24. The van der Waals surface area contributed by atoms with E-state index in [9.17, 15) is 4.79 Å². The Morgan fingerprint density at radius 3 is 1.92 bits per heavy atom. The Morgan fingerprint density at radius 2 is 1.56 bits per heavy atom. The molecule has 0 atom stereocenters. The molecule has 1 aromatic carbocycles. The maximum atomic E-state index is 12.8. The summed E-state index contributed by atoms with van der Waals surface area (Å²) < 4.78 is 5.90. The van der Waals surface area contributed by atoms with Crippen LogP contribution in [-0.2, 0) is 17.6 Å². The van der Waals surface area contributed by atoms with E-state index in [1.54, 1.807) is 0 Å². The number of rotatable bonds is 9. The molecule has 1 saturated carbocycles. The fourth-order valence-electron chi connectivity index (χ4n) is 3.29. The molecular formula is C20H27B3O2. The van der Waals surface area contributed by atoms with Crippen molar-refractivity contribution >= 4 is 29.5 Å². The number of carbonyl (C=O) groups excluding carboxylic acids is 1. The van der Waals surface area contributed by atoms with Crippen molar-refractivity contribution in [2.24, 2.45) is 5.41 Å². The zero-order chi connectivity index (χ0) is 18.7. The van der Waals surface area contributed by atoms with Gasteiger partial charge in [-0.25, -0.2) is 0 Å². The quantitative estimate of drug-likeness (QED) is 0.389. The molecule has 0 bridgehead atoms. The van der Waals surface area contributed by atoms with Crippen LogP contribution in [0.3, 0.4) is 0 Å². The van der Waals surface area contributed by atoms with Gasteiger partial charge in [0.2, 0.25) is 0 Å². The third-order valence-electron chi connectivity index (χ3n) is 5.15. The minimum atomic E-state index is -1.54. The lowest BCUT2D eigenvalue weighted by Gasteiger charge is -2.30. The summed E-state index contributed by atoms with van der Waals surface area (Å²) in [6.45, 7) is 6.40. The Labute approximate surface area is 156 Å². The second-order valence-corrected chi connectivity index (χ2v) is 7.52. The van der Waals surface area contributed by atoms with Gasteiger partial charge >= 0.3 is 5.97 Å². The Morgan fingerprint density at radius 1 is 1.08 bits per heavy atom. The number of hydrogen-bond donors (Lipinski definition) is 0. The molecule has 0 N–H and O–H groups in total. The summed E-state index contributed by atoms with van der Waals surface area (Å²) in [6, 6.07) is 4.24. The second kappa shape index (κ2) is 8.06. The molecule has 1 aromatic rings. The molecule has 0 aliphatic heterocycles. The van der Waals surface area contributed by atoms with Crippen LogP contribution >= 0.6 is 0 Å². The van der Waals surface area contributed by atoms with Crippen LogP contribution in [0.4, 0.5) is 0 Å². The number of ether oxygens (including phenoxy) is 1. The predicted molar refractivity (Wildman–Crippen MR) is 106 cm³/mol. The number of carbonyl (C=O) groups is 1. The van der Waals surface area contributed by atoms with E-state index < -0.39 is 10.5 Å². The maximum Gasteiger partial charge on any atom is 0.315 e. The molecule has 0 amide bonds. The van der Waals surface area contributed by atoms with E-state index in [1.807, 2.05) is 0 Å². The Bertz CT molecular complexity index is 587. The Kier molecular flexibility index (Phi) is 6.51. The van der Waals surface area contributed by atoms with E-state index in [1.165, 1.54) is 5.56 Å². The monoisotopic (exact) mass is 332 g/mol. The van der Waals surface area contributed by atoms with Gasteiger partial charge in [-0.05, 0) is 56.6 Å². The van der Waals surface area contributed by atoms with Gasteiger partial charge in [-0.3, -0.25) is 4.79 Å². The van der Waals surface area contributed by atoms with E-state index in [0.717, 1.165) is 49.7 Å². The van der Waals surface area contributed by atoms with Crippen LogP contribution in [0.2, 0.25) is 5.11 Å². The van der Waals surface area contributed by atoms with Crippen LogP contribution in [0.15, 0.2) is 12.1 Å². The predicted octanol–water partition coefficient (Wildman–Crippen LogP) is 3.95. The highest BCUT2D eigenvalue weighted by Gasteiger charge is 2.58. The molecule has 25 heavy (non-hydrogen) atoms. The number of esters is 1. The van der Waals surface area contributed by atoms with Crippen molar-refractivity contribution in [3.8, 4) is 5.75 Å². The Hall–Kier alpha value is -1.12. The van der Waals surface area contributed by atoms with Crippen LogP contribution in [0.5, 0.6) is 5.75 Å². The summed E-state index contributed by atoms with van der Waals surface area (Å²) >= 11 is 0. The van der Waals surface area contributed by atoms with Crippen molar-refractivity contribution in [1.82, 2.24) is 0 Å². The SMILES string of the molecule is [B]C([B])([B])C1(C(=O)Oc2c(CCCC)cc(C)cc2CCCC)CC1. The summed E-state index contributed by atoms with van der Waals surface area (Å²) in [5, 5.41) is -1.54. The van der Waals surface area contributed by atoms with Gasteiger partial charge in [0.15, 0.2) is 0 Å². The van der Waals surface area contributed by atoms with Crippen LogP contribution in [0.1, 0.15) is 69.1 Å². The van der Waals surface area contributed by atoms with Gasteiger partial charge in [-0.15, -0.1) is 5.11 Å². The molecular weight excluding hydrogens is 305 g/mol. The lowest BCUT2D eigenvalue weighted by molar-refractivity contribution is -0.140. The van der Waals surface area contributed by atoms with Crippen LogP contribution in [0.25, 0.3) is 0 Å². The molecule has 1 aliphatic carbocycles. The van der Waals surface area contributed by atoms with Crippen molar-refractivity contribution < 1.29 is 9.53 Å². The van der Waals surface area contributed by atoms with Crippen molar-refractivity contribution in [1.29, 1.82) is 0 Å². The fraction of sp³-hybridized carbons (Fsp3) is 0.650. The van der Waals surface area contributed by atoms with Gasteiger partial charge in [-0.2, -0.15) is 0 Å². The molecule has 5 heteroatoms. The maximum absolute atomic E-state index is 12.8. The van der Waals surface area contributed by atoms with Crippen molar-refractivity contribution in [2.45, 2.75) is 77.3 Å². The van der Waals surface area contributed by atoms with E-state index in [0.29, 0.717) is 18.6 Å². The van der Waals surface area contributed by atoms with E-state index >= 15 is 0 Å². The highest BCUT2D eigenvalue weighted by molar-refractivity contribution is 6.60. The third-order valence-corrected chi connectivity index (χ3v) is 5.15. The molecule has 1 aliphatic rings. The van der Waals surface area contributed by atoms with Crippen LogP contribution < -0.4 is 4.74 Å².